The first kappa shape index (κ1) is 18.9. The zero-order valence-corrected chi connectivity index (χ0v) is 16.3. The molecule has 1 atom stereocenters. The minimum absolute atomic E-state index is 0.124. The third kappa shape index (κ3) is 3.26. The van der Waals surface area contributed by atoms with E-state index in [4.69, 9.17) is 0 Å². The van der Waals surface area contributed by atoms with E-state index in [9.17, 15) is 18.8 Å². The number of hydrogen-bond acceptors (Lipinski definition) is 4. The monoisotopic (exact) mass is 389 g/mol. The van der Waals surface area contributed by atoms with Crippen molar-refractivity contribution in [2.75, 3.05) is 37.7 Å². The van der Waals surface area contributed by atoms with Crippen molar-refractivity contribution in [1.29, 1.82) is 0 Å². The standard InChI is InChI=1S/C20H25FN4O3/c1-13(26)14-3-6-17(16(21)11-14)24-9-7-23(8-10-24)12-25-18(27)20(2,15-4-5-15)22-19(25)28/h3,6,11,15H,4-5,7-10,12H2,1-2H3,(H,22,28)/p+1/t20-/m0/s1. The minimum atomic E-state index is -0.750. The highest BCUT2D eigenvalue weighted by Crippen LogP contribution is 2.42. The van der Waals surface area contributed by atoms with Crippen LogP contribution in [0.15, 0.2) is 18.2 Å². The van der Waals surface area contributed by atoms with Gasteiger partial charge < -0.3 is 15.1 Å². The summed E-state index contributed by atoms with van der Waals surface area (Å²) in [5.41, 5.74) is 0.100. The number of hydrogen-bond donors (Lipinski definition) is 2. The van der Waals surface area contributed by atoms with Crippen LogP contribution in [0.2, 0.25) is 0 Å². The number of carbonyl (C=O) groups is 3. The van der Waals surface area contributed by atoms with Gasteiger partial charge in [-0.1, -0.05) is 0 Å². The molecule has 1 aromatic rings. The van der Waals surface area contributed by atoms with E-state index in [1.54, 1.807) is 12.1 Å². The van der Waals surface area contributed by atoms with Crippen LogP contribution in [0.3, 0.4) is 0 Å². The number of ketones is 1. The van der Waals surface area contributed by atoms with E-state index in [2.05, 4.69) is 5.32 Å². The average molecular weight is 389 g/mol. The molecule has 1 aromatic carbocycles. The number of quaternary nitrogens is 1. The Balaban J connectivity index is 1.36. The number of benzene rings is 1. The number of piperazine rings is 1. The second-order valence-corrected chi connectivity index (χ2v) is 8.26. The Morgan fingerprint density at radius 1 is 1.29 bits per heavy atom. The molecule has 7 nitrogen and oxygen atoms in total. The number of imide groups is 1. The highest BCUT2D eigenvalue weighted by atomic mass is 19.1. The van der Waals surface area contributed by atoms with Crippen molar-refractivity contribution >= 4 is 23.4 Å². The number of nitrogens with one attached hydrogen (secondary N) is 2. The lowest BCUT2D eigenvalue weighted by atomic mass is 9.96. The predicted octanol–water partition coefficient (Wildman–Crippen LogP) is 0.411. The van der Waals surface area contributed by atoms with E-state index in [0.717, 1.165) is 17.7 Å². The fourth-order valence-electron chi connectivity index (χ4n) is 4.22. The maximum atomic E-state index is 14.4. The summed E-state index contributed by atoms with van der Waals surface area (Å²) in [6.07, 6.45) is 1.96. The van der Waals surface area contributed by atoms with Gasteiger partial charge in [0, 0.05) is 5.56 Å². The van der Waals surface area contributed by atoms with E-state index in [1.165, 1.54) is 17.9 Å². The first-order valence-corrected chi connectivity index (χ1v) is 9.82. The second kappa shape index (κ2) is 6.84. The molecule has 1 saturated carbocycles. The molecule has 28 heavy (non-hydrogen) atoms. The third-order valence-corrected chi connectivity index (χ3v) is 6.24. The van der Waals surface area contributed by atoms with Gasteiger partial charge in [-0.2, -0.15) is 0 Å². The van der Waals surface area contributed by atoms with E-state index < -0.39 is 11.4 Å². The normalized spacial score (nSPS) is 26.0. The van der Waals surface area contributed by atoms with Crippen LogP contribution < -0.4 is 15.1 Å². The van der Waals surface area contributed by atoms with Crippen LogP contribution in [0.5, 0.6) is 0 Å². The molecule has 0 radical (unpaired) electrons. The topological polar surface area (TPSA) is 74.2 Å². The minimum Gasteiger partial charge on any atom is -0.358 e. The number of nitrogens with zero attached hydrogens (tertiary/aromatic N) is 2. The summed E-state index contributed by atoms with van der Waals surface area (Å²) in [5.74, 6) is -0.431. The summed E-state index contributed by atoms with van der Waals surface area (Å²) in [6, 6.07) is 4.27. The molecule has 1 aliphatic carbocycles. The van der Waals surface area contributed by atoms with Gasteiger partial charge in [0.1, 0.15) is 11.4 Å². The summed E-state index contributed by atoms with van der Waals surface area (Å²) in [5, 5.41) is 2.87. The smallest absolute Gasteiger partial charge is 0.329 e. The largest absolute Gasteiger partial charge is 0.358 e. The molecule has 0 aromatic heterocycles. The lowest BCUT2D eigenvalue weighted by molar-refractivity contribution is -0.907. The fourth-order valence-corrected chi connectivity index (χ4v) is 4.22. The summed E-state index contributed by atoms with van der Waals surface area (Å²) in [7, 11) is 0. The summed E-state index contributed by atoms with van der Waals surface area (Å²) in [4.78, 5) is 40.9. The Morgan fingerprint density at radius 2 is 1.96 bits per heavy atom. The van der Waals surface area contributed by atoms with Gasteiger partial charge in [0.25, 0.3) is 5.91 Å². The van der Waals surface area contributed by atoms with Gasteiger partial charge in [-0.25, -0.2) is 14.1 Å². The fraction of sp³-hybridized carbons (Fsp3) is 0.550. The van der Waals surface area contributed by atoms with Gasteiger partial charge in [-0.3, -0.25) is 9.59 Å². The molecule has 3 amide bonds. The van der Waals surface area contributed by atoms with Crippen LogP contribution in [-0.2, 0) is 4.79 Å². The van der Waals surface area contributed by atoms with Gasteiger partial charge in [0.15, 0.2) is 12.5 Å². The van der Waals surface area contributed by atoms with Crippen LogP contribution in [0.4, 0.5) is 14.9 Å². The molecule has 8 heteroatoms. The Labute approximate surface area is 163 Å². The first-order valence-electron chi connectivity index (χ1n) is 9.82. The Hall–Kier alpha value is -2.48. The van der Waals surface area contributed by atoms with E-state index in [1.807, 2.05) is 11.8 Å². The van der Waals surface area contributed by atoms with Crippen molar-refractivity contribution in [1.82, 2.24) is 10.2 Å². The number of carbonyl (C=O) groups excluding carboxylic acids is 3. The van der Waals surface area contributed by atoms with E-state index >= 15 is 0 Å². The van der Waals surface area contributed by atoms with Crippen molar-refractivity contribution in [3.63, 3.8) is 0 Å². The highest BCUT2D eigenvalue weighted by Gasteiger charge is 2.56. The molecule has 4 rings (SSSR count). The van der Waals surface area contributed by atoms with Gasteiger partial charge in [-0.15, -0.1) is 0 Å². The molecule has 2 heterocycles. The van der Waals surface area contributed by atoms with Crippen LogP contribution in [-0.4, -0.2) is 61.0 Å². The number of Topliss-reactive ketones (excluding diaryl/α,β-unsaturated/α-hetero) is 1. The molecular weight excluding hydrogens is 363 g/mol. The lowest BCUT2D eigenvalue weighted by Crippen LogP contribution is -3.16. The number of urea groups is 1. The molecule has 2 saturated heterocycles. The third-order valence-electron chi connectivity index (χ3n) is 6.24. The first-order chi connectivity index (χ1) is 13.3. The molecule has 2 aliphatic heterocycles. The molecule has 0 bridgehead atoms. The predicted molar refractivity (Wildman–Crippen MR) is 101 cm³/mol. The molecule has 3 aliphatic rings. The Bertz CT molecular complexity index is 833. The van der Waals surface area contributed by atoms with Crippen molar-refractivity contribution in [3.8, 4) is 0 Å². The summed E-state index contributed by atoms with van der Waals surface area (Å²) in [6.45, 7) is 6.22. The van der Waals surface area contributed by atoms with Crippen LogP contribution in [0.1, 0.15) is 37.0 Å². The van der Waals surface area contributed by atoms with Gasteiger partial charge >= 0.3 is 6.03 Å². The maximum absolute atomic E-state index is 14.4. The summed E-state index contributed by atoms with van der Waals surface area (Å²) >= 11 is 0. The van der Waals surface area contributed by atoms with Gasteiger partial charge in [0.05, 0.1) is 31.9 Å². The molecule has 150 valence electrons. The summed E-state index contributed by atoms with van der Waals surface area (Å²) < 4.78 is 14.4. The van der Waals surface area contributed by atoms with Crippen molar-refractivity contribution in [2.24, 2.45) is 5.92 Å². The Kier molecular flexibility index (Phi) is 4.61. The van der Waals surface area contributed by atoms with Crippen LogP contribution in [0, 0.1) is 11.7 Å². The van der Waals surface area contributed by atoms with Crippen LogP contribution in [0.25, 0.3) is 0 Å². The lowest BCUT2D eigenvalue weighted by Gasteiger charge is -2.35. The average Bonchev–Trinajstić information content (AvgIpc) is 3.48. The van der Waals surface area contributed by atoms with Crippen molar-refractivity contribution in [3.05, 3.63) is 29.6 Å². The number of halogens is 1. The molecule has 0 unspecified atom stereocenters. The number of amides is 3. The van der Waals surface area contributed by atoms with E-state index in [0.29, 0.717) is 44.1 Å². The molecule has 2 N–H and O–H groups in total. The quantitative estimate of drug-likeness (QED) is 0.565. The van der Waals surface area contributed by atoms with Crippen molar-refractivity contribution in [2.45, 2.75) is 32.2 Å². The molecule has 3 fully saturated rings. The van der Waals surface area contributed by atoms with E-state index in [-0.39, 0.29) is 23.6 Å². The zero-order valence-electron chi connectivity index (χ0n) is 16.3. The SMILES string of the molecule is CC(=O)c1ccc(N2CC[NH+](CN3C(=O)N[C@@](C)(C4CC4)C3=O)CC2)c(F)c1. The number of rotatable bonds is 5. The second-order valence-electron chi connectivity index (χ2n) is 8.26. The highest BCUT2D eigenvalue weighted by molar-refractivity contribution is 6.07. The number of anilines is 1. The molecule has 0 spiro atoms. The van der Waals surface area contributed by atoms with Gasteiger partial charge in [-0.05, 0) is 50.8 Å². The molecular formula is C20H26FN4O3+. The van der Waals surface area contributed by atoms with Gasteiger partial charge in [0.2, 0.25) is 0 Å². The van der Waals surface area contributed by atoms with Crippen LogP contribution >= 0.6 is 0 Å². The maximum Gasteiger partial charge on any atom is 0.329 e. The zero-order chi connectivity index (χ0) is 20.1. The Morgan fingerprint density at radius 3 is 2.54 bits per heavy atom. The van der Waals surface area contributed by atoms with Crippen molar-refractivity contribution < 1.29 is 23.7 Å².